The molecule has 5 heteroatoms. The Labute approximate surface area is 105 Å². The van der Waals surface area contributed by atoms with E-state index >= 15 is 0 Å². The van der Waals surface area contributed by atoms with Crippen LogP contribution in [0.2, 0.25) is 0 Å². The molecule has 0 aliphatic rings. The SMILES string of the molecule is CCOC(=O)Nc1cc(C=CC(=O)O)ccc1C. The summed E-state index contributed by atoms with van der Waals surface area (Å²) in [5, 5.41) is 11.1. The van der Waals surface area contributed by atoms with Gasteiger partial charge in [-0.05, 0) is 37.1 Å². The van der Waals surface area contributed by atoms with E-state index in [1.165, 1.54) is 6.08 Å². The van der Waals surface area contributed by atoms with Crippen molar-refractivity contribution in [2.24, 2.45) is 0 Å². The predicted octanol–water partition coefficient (Wildman–Crippen LogP) is 2.66. The summed E-state index contributed by atoms with van der Waals surface area (Å²) in [6.07, 6.45) is 1.97. The largest absolute Gasteiger partial charge is 0.478 e. The first-order chi connectivity index (χ1) is 8.52. The third-order valence-electron chi connectivity index (χ3n) is 2.19. The number of hydrogen-bond acceptors (Lipinski definition) is 3. The number of hydrogen-bond donors (Lipinski definition) is 2. The summed E-state index contributed by atoms with van der Waals surface area (Å²) in [6.45, 7) is 3.86. The number of aliphatic carboxylic acids is 1. The fraction of sp³-hybridized carbons (Fsp3) is 0.231. The van der Waals surface area contributed by atoms with Crippen LogP contribution in [0.1, 0.15) is 18.1 Å². The molecule has 0 saturated heterocycles. The maximum absolute atomic E-state index is 11.3. The molecule has 1 aromatic carbocycles. The number of nitrogens with one attached hydrogen (secondary N) is 1. The number of carbonyl (C=O) groups excluding carboxylic acids is 1. The number of aryl methyl sites for hydroxylation is 1. The Morgan fingerprint density at radius 1 is 1.44 bits per heavy atom. The van der Waals surface area contributed by atoms with E-state index in [2.05, 4.69) is 5.32 Å². The summed E-state index contributed by atoms with van der Waals surface area (Å²) in [6, 6.07) is 5.25. The van der Waals surface area contributed by atoms with Crippen LogP contribution < -0.4 is 5.32 Å². The highest BCUT2D eigenvalue weighted by Crippen LogP contribution is 2.18. The van der Waals surface area contributed by atoms with Crippen LogP contribution in [0, 0.1) is 6.92 Å². The first-order valence-electron chi connectivity index (χ1n) is 5.48. The maximum atomic E-state index is 11.3. The van der Waals surface area contributed by atoms with Gasteiger partial charge in [0, 0.05) is 11.8 Å². The van der Waals surface area contributed by atoms with Crippen molar-refractivity contribution in [1.29, 1.82) is 0 Å². The van der Waals surface area contributed by atoms with Crippen LogP contribution >= 0.6 is 0 Å². The lowest BCUT2D eigenvalue weighted by atomic mass is 10.1. The fourth-order valence-electron chi connectivity index (χ4n) is 1.32. The molecule has 0 bridgehead atoms. The van der Waals surface area contributed by atoms with E-state index in [9.17, 15) is 9.59 Å². The smallest absolute Gasteiger partial charge is 0.411 e. The minimum absolute atomic E-state index is 0.295. The number of ether oxygens (including phenoxy) is 1. The summed E-state index contributed by atoms with van der Waals surface area (Å²) in [7, 11) is 0. The van der Waals surface area contributed by atoms with Crippen molar-refractivity contribution in [3.63, 3.8) is 0 Å². The molecule has 0 spiro atoms. The lowest BCUT2D eigenvalue weighted by molar-refractivity contribution is -0.131. The number of benzene rings is 1. The van der Waals surface area contributed by atoms with Gasteiger partial charge >= 0.3 is 12.1 Å². The molecule has 0 radical (unpaired) electrons. The number of carboxylic acids is 1. The van der Waals surface area contributed by atoms with Crippen LogP contribution in [-0.4, -0.2) is 23.8 Å². The molecule has 0 aromatic heterocycles. The van der Waals surface area contributed by atoms with Gasteiger partial charge in [0.2, 0.25) is 0 Å². The van der Waals surface area contributed by atoms with Crippen LogP contribution in [-0.2, 0) is 9.53 Å². The molecule has 0 saturated carbocycles. The van der Waals surface area contributed by atoms with Gasteiger partial charge in [0.15, 0.2) is 0 Å². The molecule has 0 fully saturated rings. The monoisotopic (exact) mass is 249 g/mol. The van der Waals surface area contributed by atoms with E-state index in [1.807, 2.05) is 6.92 Å². The number of carboxylic acid groups (broad SMARTS) is 1. The molecular weight excluding hydrogens is 234 g/mol. The van der Waals surface area contributed by atoms with Crippen LogP contribution in [0.25, 0.3) is 6.08 Å². The van der Waals surface area contributed by atoms with Gasteiger partial charge in [-0.15, -0.1) is 0 Å². The zero-order chi connectivity index (χ0) is 13.5. The minimum atomic E-state index is -1.02. The van der Waals surface area contributed by atoms with Crippen molar-refractivity contribution < 1.29 is 19.4 Å². The van der Waals surface area contributed by atoms with Crippen molar-refractivity contribution in [3.05, 3.63) is 35.4 Å². The third-order valence-corrected chi connectivity index (χ3v) is 2.19. The first kappa shape index (κ1) is 13.8. The van der Waals surface area contributed by atoms with Gasteiger partial charge in [0.05, 0.1) is 6.61 Å². The Kier molecular flexibility index (Phi) is 4.92. The molecule has 2 N–H and O–H groups in total. The van der Waals surface area contributed by atoms with Crippen molar-refractivity contribution in [2.75, 3.05) is 11.9 Å². The fourth-order valence-corrected chi connectivity index (χ4v) is 1.32. The molecule has 0 atom stereocenters. The van der Waals surface area contributed by atoms with Gasteiger partial charge in [-0.2, -0.15) is 0 Å². The highest BCUT2D eigenvalue weighted by molar-refractivity contribution is 5.88. The Balaban J connectivity index is 2.87. The van der Waals surface area contributed by atoms with Gasteiger partial charge in [-0.1, -0.05) is 12.1 Å². The van der Waals surface area contributed by atoms with E-state index < -0.39 is 12.1 Å². The summed E-state index contributed by atoms with van der Waals surface area (Å²) < 4.78 is 4.78. The van der Waals surface area contributed by atoms with E-state index in [0.29, 0.717) is 17.9 Å². The molecule has 0 aliphatic heterocycles. The lowest BCUT2D eigenvalue weighted by Gasteiger charge is -2.09. The Morgan fingerprint density at radius 3 is 2.78 bits per heavy atom. The van der Waals surface area contributed by atoms with Crippen LogP contribution in [0.4, 0.5) is 10.5 Å². The van der Waals surface area contributed by atoms with Crippen LogP contribution in [0.15, 0.2) is 24.3 Å². The first-order valence-corrected chi connectivity index (χ1v) is 5.48. The second kappa shape index (κ2) is 6.44. The average Bonchev–Trinajstić information content (AvgIpc) is 2.30. The Hall–Kier alpha value is -2.30. The number of rotatable bonds is 4. The van der Waals surface area contributed by atoms with Gasteiger partial charge in [0.1, 0.15) is 0 Å². The van der Waals surface area contributed by atoms with Crippen LogP contribution in [0.3, 0.4) is 0 Å². The zero-order valence-electron chi connectivity index (χ0n) is 10.3. The van der Waals surface area contributed by atoms with Gasteiger partial charge in [0.25, 0.3) is 0 Å². The van der Waals surface area contributed by atoms with E-state index in [1.54, 1.807) is 25.1 Å². The maximum Gasteiger partial charge on any atom is 0.411 e. The topological polar surface area (TPSA) is 75.6 Å². The van der Waals surface area contributed by atoms with Crippen molar-refractivity contribution in [2.45, 2.75) is 13.8 Å². The molecule has 1 amide bonds. The summed E-state index contributed by atoms with van der Waals surface area (Å²) in [5.41, 5.74) is 2.16. The molecule has 1 rings (SSSR count). The van der Waals surface area contributed by atoms with E-state index in [4.69, 9.17) is 9.84 Å². The van der Waals surface area contributed by atoms with E-state index in [-0.39, 0.29) is 0 Å². The molecule has 0 heterocycles. The van der Waals surface area contributed by atoms with Gasteiger partial charge < -0.3 is 9.84 Å². The number of amides is 1. The Bertz CT molecular complexity index is 480. The third kappa shape index (κ3) is 4.29. The number of carbonyl (C=O) groups is 2. The van der Waals surface area contributed by atoms with Gasteiger partial charge in [-0.3, -0.25) is 5.32 Å². The highest BCUT2D eigenvalue weighted by Gasteiger charge is 2.05. The molecule has 96 valence electrons. The van der Waals surface area contributed by atoms with E-state index in [0.717, 1.165) is 11.6 Å². The number of anilines is 1. The van der Waals surface area contributed by atoms with Crippen molar-refractivity contribution in [1.82, 2.24) is 0 Å². The molecule has 18 heavy (non-hydrogen) atoms. The second-order valence-electron chi connectivity index (χ2n) is 3.59. The summed E-state index contributed by atoms with van der Waals surface area (Å²) in [4.78, 5) is 21.7. The Morgan fingerprint density at radius 2 is 2.17 bits per heavy atom. The summed E-state index contributed by atoms with van der Waals surface area (Å²) >= 11 is 0. The zero-order valence-corrected chi connectivity index (χ0v) is 10.3. The van der Waals surface area contributed by atoms with Crippen molar-refractivity contribution >= 4 is 23.8 Å². The molecule has 1 aromatic rings. The highest BCUT2D eigenvalue weighted by atomic mass is 16.5. The quantitative estimate of drug-likeness (QED) is 0.804. The molecule has 0 unspecified atom stereocenters. The molecule has 5 nitrogen and oxygen atoms in total. The standard InChI is InChI=1S/C13H15NO4/c1-3-18-13(17)14-11-8-10(5-4-9(11)2)6-7-12(15)16/h4-8H,3H2,1-2H3,(H,14,17)(H,15,16). The minimum Gasteiger partial charge on any atom is -0.478 e. The molecular formula is C13H15NO4. The summed E-state index contributed by atoms with van der Waals surface area (Å²) in [5.74, 6) is -1.02. The van der Waals surface area contributed by atoms with Gasteiger partial charge in [-0.25, -0.2) is 9.59 Å². The molecule has 0 aliphatic carbocycles. The lowest BCUT2D eigenvalue weighted by Crippen LogP contribution is -2.14. The van der Waals surface area contributed by atoms with Crippen LogP contribution in [0.5, 0.6) is 0 Å². The normalized spacial score (nSPS) is 10.3. The van der Waals surface area contributed by atoms with Crippen molar-refractivity contribution in [3.8, 4) is 0 Å². The predicted molar refractivity (Wildman–Crippen MR) is 68.5 cm³/mol. The average molecular weight is 249 g/mol. The second-order valence-corrected chi connectivity index (χ2v) is 3.59.